The van der Waals surface area contributed by atoms with Gasteiger partial charge >= 0.3 is 0 Å². The van der Waals surface area contributed by atoms with Crippen molar-refractivity contribution in [1.82, 2.24) is 5.32 Å². The molecule has 1 saturated heterocycles. The van der Waals surface area contributed by atoms with Crippen molar-refractivity contribution in [3.05, 3.63) is 10.4 Å². The summed E-state index contributed by atoms with van der Waals surface area (Å²) in [5.41, 5.74) is 8.29. The van der Waals surface area contributed by atoms with Crippen LogP contribution in [-0.2, 0) is 0 Å². The first-order valence-corrected chi connectivity index (χ1v) is 9.22. The Hall–Kier alpha value is -0.880. The quantitative estimate of drug-likeness (QED) is 0.897. The Morgan fingerprint density at radius 3 is 2.70 bits per heavy atom. The van der Waals surface area contributed by atoms with Gasteiger partial charge in [-0.05, 0) is 25.7 Å². The van der Waals surface area contributed by atoms with Crippen LogP contribution in [-0.4, -0.2) is 37.0 Å². The molecule has 4 nitrogen and oxygen atoms in total. The van der Waals surface area contributed by atoms with E-state index in [0.717, 1.165) is 18.8 Å². The van der Waals surface area contributed by atoms with Crippen LogP contribution in [0.5, 0.6) is 0 Å². The third-order valence-electron chi connectivity index (χ3n) is 3.79. The van der Waals surface area contributed by atoms with E-state index in [1.54, 1.807) is 11.3 Å². The predicted molar refractivity (Wildman–Crippen MR) is 88.3 cm³/mol. The second kappa shape index (κ2) is 5.85. The molecule has 1 aromatic rings. The lowest BCUT2D eigenvalue weighted by molar-refractivity contribution is 0.0960. The molecular formula is C14H21N3OS2. The normalized spacial score (nSPS) is 19.1. The van der Waals surface area contributed by atoms with Gasteiger partial charge in [0.1, 0.15) is 4.88 Å². The smallest absolute Gasteiger partial charge is 0.263 e. The van der Waals surface area contributed by atoms with Crippen LogP contribution in [0.25, 0.3) is 0 Å². The highest BCUT2D eigenvalue weighted by Crippen LogP contribution is 2.52. The van der Waals surface area contributed by atoms with Gasteiger partial charge in [0.25, 0.3) is 5.91 Å². The Balaban J connectivity index is 1.95. The molecule has 0 aromatic carbocycles. The van der Waals surface area contributed by atoms with Crippen LogP contribution in [0.2, 0.25) is 0 Å². The van der Waals surface area contributed by atoms with E-state index < -0.39 is 0 Å². The fraction of sp³-hybridized carbons (Fsp3) is 0.643. The fourth-order valence-electron chi connectivity index (χ4n) is 2.62. The van der Waals surface area contributed by atoms with Crippen LogP contribution in [0.1, 0.15) is 40.9 Å². The van der Waals surface area contributed by atoms with Gasteiger partial charge in [-0.25, -0.2) is 0 Å². The minimum Gasteiger partial charge on any atom is -0.397 e. The molecule has 1 aromatic heterocycles. The molecule has 0 unspecified atom stereocenters. The summed E-state index contributed by atoms with van der Waals surface area (Å²) in [5.74, 6) is 2.89. The van der Waals surface area contributed by atoms with Gasteiger partial charge in [-0.3, -0.25) is 4.79 Å². The number of amides is 1. The summed E-state index contributed by atoms with van der Waals surface area (Å²) in [5, 5.41) is 4.13. The highest BCUT2D eigenvalue weighted by Gasteiger charge is 2.34. The zero-order valence-corrected chi connectivity index (χ0v) is 13.4. The van der Waals surface area contributed by atoms with Crippen LogP contribution in [0.4, 0.5) is 10.7 Å². The third-order valence-corrected chi connectivity index (χ3v) is 6.01. The SMILES string of the molecule is CCNC(=O)c1sc(N2CCSCC2)c(C2CC2)c1N. The summed E-state index contributed by atoms with van der Waals surface area (Å²) in [7, 11) is 0. The molecule has 110 valence electrons. The van der Waals surface area contributed by atoms with E-state index in [2.05, 4.69) is 10.2 Å². The van der Waals surface area contributed by atoms with E-state index in [0.29, 0.717) is 17.3 Å². The lowest BCUT2D eigenvalue weighted by Crippen LogP contribution is -2.32. The molecular weight excluding hydrogens is 290 g/mol. The number of nitrogen functional groups attached to an aromatic ring is 1. The largest absolute Gasteiger partial charge is 0.397 e. The third kappa shape index (κ3) is 2.63. The standard InChI is InChI=1S/C14H21N3OS2/c1-2-16-13(18)12-11(15)10(9-3-4-9)14(20-12)17-5-7-19-8-6-17/h9H,2-8,15H2,1H3,(H,16,18). The van der Waals surface area contributed by atoms with Gasteiger partial charge in [-0.2, -0.15) is 11.8 Å². The van der Waals surface area contributed by atoms with Crippen molar-refractivity contribution in [3.8, 4) is 0 Å². The van der Waals surface area contributed by atoms with Crippen molar-refractivity contribution in [2.45, 2.75) is 25.7 Å². The summed E-state index contributed by atoms with van der Waals surface area (Å²) in [4.78, 5) is 15.3. The Labute approximate surface area is 128 Å². The predicted octanol–water partition coefficient (Wildman–Crippen LogP) is 2.51. The Morgan fingerprint density at radius 2 is 2.10 bits per heavy atom. The van der Waals surface area contributed by atoms with Crippen molar-refractivity contribution < 1.29 is 4.79 Å². The van der Waals surface area contributed by atoms with Gasteiger partial charge < -0.3 is 16.0 Å². The van der Waals surface area contributed by atoms with E-state index in [9.17, 15) is 4.79 Å². The van der Waals surface area contributed by atoms with Crippen molar-refractivity contribution in [2.75, 3.05) is 41.8 Å². The van der Waals surface area contributed by atoms with Crippen LogP contribution in [0.15, 0.2) is 0 Å². The second-order valence-corrected chi connectivity index (χ2v) is 7.52. The maximum Gasteiger partial charge on any atom is 0.263 e. The fourth-order valence-corrected chi connectivity index (χ4v) is 4.80. The molecule has 0 bridgehead atoms. The maximum absolute atomic E-state index is 12.2. The first-order chi connectivity index (χ1) is 9.72. The van der Waals surface area contributed by atoms with Crippen molar-refractivity contribution in [2.24, 2.45) is 0 Å². The topological polar surface area (TPSA) is 58.4 Å². The van der Waals surface area contributed by atoms with Crippen LogP contribution in [0.3, 0.4) is 0 Å². The highest BCUT2D eigenvalue weighted by atomic mass is 32.2. The number of rotatable bonds is 4. The molecule has 0 atom stereocenters. The number of carbonyl (C=O) groups excluding carboxylic acids is 1. The molecule has 20 heavy (non-hydrogen) atoms. The van der Waals surface area contributed by atoms with E-state index in [1.165, 1.54) is 34.9 Å². The number of anilines is 2. The van der Waals surface area contributed by atoms with E-state index in [4.69, 9.17) is 5.73 Å². The molecule has 2 aliphatic rings. The maximum atomic E-state index is 12.2. The van der Waals surface area contributed by atoms with Crippen LogP contribution in [0, 0.1) is 0 Å². The monoisotopic (exact) mass is 311 g/mol. The second-order valence-electron chi connectivity index (χ2n) is 5.30. The van der Waals surface area contributed by atoms with Gasteiger partial charge in [0.2, 0.25) is 0 Å². The number of nitrogens with zero attached hydrogens (tertiary/aromatic N) is 1. The first kappa shape index (κ1) is 14.1. The average Bonchev–Trinajstić information content (AvgIpc) is 3.23. The molecule has 0 spiro atoms. The zero-order chi connectivity index (χ0) is 14.1. The summed E-state index contributed by atoms with van der Waals surface area (Å²) < 4.78 is 0. The molecule has 2 heterocycles. The Kier molecular flexibility index (Phi) is 4.12. The van der Waals surface area contributed by atoms with Gasteiger partial charge in [0, 0.05) is 36.7 Å². The number of thioether (sulfide) groups is 1. The number of carbonyl (C=O) groups is 1. The van der Waals surface area contributed by atoms with E-state index >= 15 is 0 Å². The van der Waals surface area contributed by atoms with E-state index in [-0.39, 0.29) is 5.91 Å². The zero-order valence-electron chi connectivity index (χ0n) is 11.8. The molecule has 0 radical (unpaired) electrons. The minimum atomic E-state index is -0.0189. The molecule has 3 rings (SSSR count). The Bertz CT molecular complexity index is 505. The molecule has 2 fully saturated rings. The molecule has 6 heteroatoms. The number of nitrogens with two attached hydrogens (primary N) is 1. The molecule has 1 amide bonds. The van der Waals surface area contributed by atoms with Gasteiger partial charge in [0.15, 0.2) is 0 Å². The van der Waals surface area contributed by atoms with Gasteiger partial charge in [0.05, 0.1) is 10.7 Å². The van der Waals surface area contributed by atoms with Gasteiger partial charge in [-0.1, -0.05) is 0 Å². The summed E-state index contributed by atoms with van der Waals surface area (Å²) in [6, 6.07) is 0. The number of hydrogen-bond donors (Lipinski definition) is 2. The van der Waals surface area contributed by atoms with Gasteiger partial charge in [-0.15, -0.1) is 11.3 Å². The van der Waals surface area contributed by atoms with Crippen LogP contribution >= 0.6 is 23.1 Å². The van der Waals surface area contributed by atoms with E-state index in [1.807, 2.05) is 18.7 Å². The lowest BCUT2D eigenvalue weighted by Gasteiger charge is -2.28. The van der Waals surface area contributed by atoms with Crippen LogP contribution < -0.4 is 16.0 Å². The van der Waals surface area contributed by atoms with Crippen molar-refractivity contribution in [3.63, 3.8) is 0 Å². The Morgan fingerprint density at radius 1 is 1.40 bits per heavy atom. The molecule has 3 N–H and O–H groups in total. The van der Waals surface area contributed by atoms with Crippen molar-refractivity contribution >= 4 is 39.7 Å². The molecule has 1 aliphatic carbocycles. The average molecular weight is 311 g/mol. The number of hydrogen-bond acceptors (Lipinski definition) is 5. The lowest BCUT2D eigenvalue weighted by atomic mass is 10.1. The number of thiophene rings is 1. The van der Waals surface area contributed by atoms with Crippen molar-refractivity contribution in [1.29, 1.82) is 0 Å². The summed E-state index contributed by atoms with van der Waals surface area (Å²) in [6.45, 7) is 4.72. The summed E-state index contributed by atoms with van der Waals surface area (Å²) in [6.07, 6.45) is 2.43. The minimum absolute atomic E-state index is 0.0189. The highest BCUT2D eigenvalue weighted by molar-refractivity contribution is 7.99. The first-order valence-electron chi connectivity index (χ1n) is 7.25. The summed E-state index contributed by atoms with van der Waals surface area (Å²) >= 11 is 3.59. The molecule has 1 aliphatic heterocycles. The number of nitrogens with one attached hydrogen (secondary N) is 1. The molecule has 1 saturated carbocycles.